The number of H-pyrrole nitrogens is 1. The number of hydrogen-bond acceptors (Lipinski definition) is 4. The van der Waals surface area contributed by atoms with Crippen LogP contribution in [0.4, 0.5) is 0 Å². The number of aromatic nitrogens is 2. The SMILES string of the molecule is CC[C@H]1O[C@@H](c2c(C)n(C)c(=O)[nH]c2=O)C(O[Si](C)(C)C(C)(C)C)[C@H]1C. The molecule has 0 spiro atoms. The van der Waals surface area contributed by atoms with Gasteiger partial charge in [-0.25, -0.2) is 4.79 Å². The van der Waals surface area contributed by atoms with Crippen LogP contribution in [0.5, 0.6) is 0 Å². The zero-order chi connectivity index (χ0) is 20.0. The van der Waals surface area contributed by atoms with E-state index in [1.807, 2.05) is 0 Å². The highest BCUT2D eigenvalue weighted by Gasteiger charge is 2.49. The van der Waals surface area contributed by atoms with Crippen LogP contribution in [0, 0.1) is 12.8 Å². The maximum Gasteiger partial charge on any atom is 0.328 e. The molecule has 1 saturated heterocycles. The van der Waals surface area contributed by atoms with Crippen LogP contribution in [0.2, 0.25) is 18.1 Å². The third kappa shape index (κ3) is 3.61. The lowest BCUT2D eigenvalue weighted by molar-refractivity contribution is 0.00914. The average Bonchev–Trinajstić information content (AvgIpc) is 2.80. The maximum atomic E-state index is 12.6. The zero-order valence-corrected chi connectivity index (χ0v) is 18.6. The van der Waals surface area contributed by atoms with Gasteiger partial charge in [-0.1, -0.05) is 34.6 Å². The van der Waals surface area contributed by atoms with Crippen molar-refractivity contribution >= 4 is 8.32 Å². The van der Waals surface area contributed by atoms with Crippen LogP contribution in [0.1, 0.15) is 58.4 Å². The highest BCUT2D eigenvalue weighted by atomic mass is 28.4. The monoisotopic (exact) mass is 382 g/mol. The minimum absolute atomic E-state index is 0.0332. The van der Waals surface area contributed by atoms with E-state index in [-0.39, 0.29) is 28.7 Å². The fraction of sp³-hybridized carbons (Fsp3) is 0.789. The summed E-state index contributed by atoms with van der Waals surface area (Å²) in [4.78, 5) is 26.9. The van der Waals surface area contributed by atoms with Crippen LogP contribution in [-0.2, 0) is 16.2 Å². The Morgan fingerprint density at radius 3 is 2.35 bits per heavy atom. The molecule has 1 fully saturated rings. The second-order valence-electron chi connectivity index (χ2n) is 9.02. The summed E-state index contributed by atoms with van der Waals surface area (Å²) < 4.78 is 14.5. The second kappa shape index (κ2) is 7.09. The number of rotatable bonds is 4. The lowest BCUT2D eigenvalue weighted by Gasteiger charge is -2.40. The molecule has 0 saturated carbocycles. The van der Waals surface area contributed by atoms with Crippen molar-refractivity contribution in [3.8, 4) is 0 Å². The summed E-state index contributed by atoms with van der Waals surface area (Å²) in [6.07, 6.45) is 0.237. The molecule has 1 aliphatic rings. The lowest BCUT2D eigenvalue weighted by atomic mass is 9.94. The van der Waals surface area contributed by atoms with Gasteiger partial charge in [0.25, 0.3) is 5.56 Å². The zero-order valence-electron chi connectivity index (χ0n) is 17.6. The van der Waals surface area contributed by atoms with Gasteiger partial charge in [-0.15, -0.1) is 0 Å². The molecule has 0 aliphatic carbocycles. The van der Waals surface area contributed by atoms with E-state index in [4.69, 9.17) is 9.16 Å². The van der Waals surface area contributed by atoms with Crippen molar-refractivity contribution in [2.75, 3.05) is 0 Å². The molecule has 0 bridgehead atoms. The molecular formula is C19H34N2O4Si. The quantitative estimate of drug-likeness (QED) is 0.811. The van der Waals surface area contributed by atoms with E-state index in [9.17, 15) is 9.59 Å². The Balaban J connectivity index is 2.54. The largest absolute Gasteiger partial charge is 0.411 e. The minimum atomic E-state index is -2.05. The van der Waals surface area contributed by atoms with Crippen molar-refractivity contribution in [3.05, 3.63) is 32.1 Å². The van der Waals surface area contributed by atoms with Crippen molar-refractivity contribution < 1.29 is 9.16 Å². The lowest BCUT2D eigenvalue weighted by Crippen LogP contribution is -2.47. The fourth-order valence-corrected chi connectivity index (χ4v) is 4.72. The average molecular weight is 383 g/mol. The van der Waals surface area contributed by atoms with E-state index < -0.39 is 20.1 Å². The van der Waals surface area contributed by atoms with E-state index in [0.717, 1.165) is 6.42 Å². The fourth-order valence-electron chi connectivity index (χ4n) is 3.34. The molecule has 1 aromatic rings. The molecule has 7 heteroatoms. The molecule has 26 heavy (non-hydrogen) atoms. The van der Waals surface area contributed by atoms with Gasteiger partial charge in [0, 0.05) is 18.7 Å². The normalized spacial score (nSPS) is 27.1. The Morgan fingerprint density at radius 1 is 1.27 bits per heavy atom. The topological polar surface area (TPSA) is 73.3 Å². The standard InChI is InChI=1S/C19H34N2O4Si/c1-10-13-11(2)15(25-26(8,9)19(4,5)6)16(24-13)14-12(3)21(7)18(23)20-17(14)22/h11,13,15-16H,10H2,1-9H3,(H,20,22,23)/t11-,13+,15?,16-/m0/s1. The molecule has 1 aromatic heterocycles. The third-order valence-corrected chi connectivity index (χ3v) is 10.8. The van der Waals surface area contributed by atoms with Crippen molar-refractivity contribution in [3.63, 3.8) is 0 Å². The summed E-state index contributed by atoms with van der Waals surface area (Å²) in [6, 6.07) is 0. The first-order valence-electron chi connectivity index (χ1n) is 9.45. The summed E-state index contributed by atoms with van der Waals surface area (Å²) in [6.45, 7) is 17.1. The predicted molar refractivity (Wildman–Crippen MR) is 106 cm³/mol. The van der Waals surface area contributed by atoms with Gasteiger partial charge < -0.3 is 13.7 Å². The van der Waals surface area contributed by atoms with E-state index in [0.29, 0.717) is 11.3 Å². The summed E-state index contributed by atoms with van der Waals surface area (Å²) in [5.74, 6) is 0.176. The van der Waals surface area contributed by atoms with Crippen molar-refractivity contribution in [1.29, 1.82) is 0 Å². The second-order valence-corrected chi connectivity index (χ2v) is 13.8. The maximum absolute atomic E-state index is 12.6. The number of hydrogen-bond donors (Lipinski definition) is 1. The Hall–Kier alpha value is -1.18. The van der Waals surface area contributed by atoms with Crippen LogP contribution >= 0.6 is 0 Å². The number of ether oxygens (including phenoxy) is 1. The molecule has 1 aliphatic heterocycles. The van der Waals surface area contributed by atoms with Crippen LogP contribution in [-0.4, -0.2) is 30.1 Å². The van der Waals surface area contributed by atoms with Crippen molar-refractivity contribution in [1.82, 2.24) is 9.55 Å². The smallest absolute Gasteiger partial charge is 0.328 e. The van der Waals surface area contributed by atoms with Crippen LogP contribution < -0.4 is 11.2 Å². The van der Waals surface area contributed by atoms with Crippen LogP contribution in [0.25, 0.3) is 0 Å². The van der Waals surface area contributed by atoms with Gasteiger partial charge in [-0.3, -0.25) is 9.78 Å². The predicted octanol–water partition coefficient (Wildman–Crippen LogP) is 3.26. The summed E-state index contributed by atoms with van der Waals surface area (Å²) in [5.41, 5.74) is 0.370. The van der Waals surface area contributed by atoms with Crippen LogP contribution in [0.15, 0.2) is 9.59 Å². The summed E-state index contributed by atoms with van der Waals surface area (Å²) in [7, 11) is -0.386. The van der Waals surface area contributed by atoms with Crippen LogP contribution in [0.3, 0.4) is 0 Å². The van der Waals surface area contributed by atoms with Gasteiger partial charge in [-0.2, -0.15) is 0 Å². The molecule has 0 aromatic carbocycles. The number of nitrogens with zero attached hydrogens (tertiary/aromatic N) is 1. The Kier molecular flexibility index (Phi) is 5.76. The van der Waals surface area contributed by atoms with Crippen molar-refractivity contribution in [2.24, 2.45) is 13.0 Å². The highest BCUT2D eigenvalue weighted by molar-refractivity contribution is 6.74. The molecule has 4 atom stereocenters. The number of nitrogens with one attached hydrogen (secondary N) is 1. The minimum Gasteiger partial charge on any atom is -0.411 e. The molecule has 2 rings (SSSR count). The van der Waals surface area contributed by atoms with Gasteiger partial charge in [0.15, 0.2) is 8.32 Å². The molecule has 2 heterocycles. The molecule has 1 unspecified atom stereocenters. The first-order valence-corrected chi connectivity index (χ1v) is 12.4. The molecule has 148 valence electrons. The van der Waals surface area contributed by atoms with Gasteiger partial charge >= 0.3 is 5.69 Å². The molecule has 0 radical (unpaired) electrons. The van der Waals surface area contributed by atoms with Gasteiger partial charge in [0.05, 0.1) is 17.8 Å². The first-order chi connectivity index (χ1) is 11.8. The van der Waals surface area contributed by atoms with E-state index in [1.54, 1.807) is 14.0 Å². The molecule has 1 N–H and O–H groups in total. The first kappa shape index (κ1) is 21.1. The van der Waals surface area contributed by atoms with E-state index >= 15 is 0 Å². The third-order valence-electron chi connectivity index (χ3n) is 6.31. The van der Waals surface area contributed by atoms with Crippen molar-refractivity contribution in [2.45, 2.75) is 84.4 Å². The highest BCUT2D eigenvalue weighted by Crippen LogP contribution is 2.45. The Bertz CT molecular complexity index is 775. The Morgan fingerprint density at radius 2 is 1.85 bits per heavy atom. The summed E-state index contributed by atoms with van der Waals surface area (Å²) in [5, 5.41) is 0.0621. The molecular weight excluding hydrogens is 348 g/mol. The van der Waals surface area contributed by atoms with E-state index in [1.165, 1.54) is 4.57 Å². The summed E-state index contributed by atoms with van der Waals surface area (Å²) >= 11 is 0. The van der Waals surface area contributed by atoms with Gasteiger partial charge in [0.2, 0.25) is 0 Å². The van der Waals surface area contributed by atoms with E-state index in [2.05, 4.69) is 52.7 Å². The van der Waals surface area contributed by atoms with Gasteiger partial charge in [-0.05, 0) is 31.5 Å². The molecule has 0 amide bonds. The number of aromatic amines is 1. The van der Waals surface area contributed by atoms with Gasteiger partial charge in [0.1, 0.15) is 6.10 Å². The molecule has 6 nitrogen and oxygen atoms in total. The Labute approximate surface area is 157 Å².